The number of anilines is 1. The number of hydrogen-bond acceptors (Lipinski definition) is 5. The van der Waals surface area contributed by atoms with Gasteiger partial charge in [-0.25, -0.2) is 19.3 Å². The number of fused-ring (bicyclic) bond motifs is 1. The smallest absolute Gasteiger partial charge is 0.183 e. The van der Waals surface area contributed by atoms with Gasteiger partial charge in [0.25, 0.3) is 0 Å². The predicted octanol–water partition coefficient (Wildman–Crippen LogP) is 3.37. The van der Waals surface area contributed by atoms with Gasteiger partial charge in [0, 0.05) is 35.9 Å². The average molecular weight is 361 g/mol. The fraction of sp³-hybridized carbons (Fsp3) is 0.353. The van der Waals surface area contributed by atoms with Crippen molar-refractivity contribution in [2.24, 2.45) is 0 Å². The third kappa shape index (κ3) is 3.43. The van der Waals surface area contributed by atoms with Gasteiger partial charge >= 0.3 is 0 Å². The summed E-state index contributed by atoms with van der Waals surface area (Å²) in [5.74, 6) is 0.174. The third-order valence-corrected chi connectivity index (χ3v) is 4.62. The molecule has 1 atom stereocenters. The molecule has 3 aromatic heterocycles. The molecular weight excluding hydrogens is 343 g/mol. The van der Waals surface area contributed by atoms with Gasteiger partial charge in [-0.1, -0.05) is 18.0 Å². The fourth-order valence-electron chi connectivity index (χ4n) is 3.10. The van der Waals surface area contributed by atoms with Crippen LogP contribution in [0.3, 0.4) is 0 Å². The molecule has 1 saturated heterocycles. The second-order valence-corrected chi connectivity index (χ2v) is 6.61. The second kappa shape index (κ2) is 6.93. The van der Waals surface area contributed by atoms with Gasteiger partial charge in [-0.05, 0) is 25.5 Å². The van der Waals surface area contributed by atoms with Crippen LogP contribution in [0.4, 0.5) is 10.2 Å². The van der Waals surface area contributed by atoms with E-state index in [-0.39, 0.29) is 5.82 Å². The molecule has 8 heteroatoms. The van der Waals surface area contributed by atoms with Crippen molar-refractivity contribution in [2.45, 2.75) is 25.3 Å². The van der Waals surface area contributed by atoms with Gasteiger partial charge in [-0.2, -0.15) is 0 Å². The molecule has 6 nitrogen and oxygen atoms in total. The van der Waals surface area contributed by atoms with E-state index in [9.17, 15) is 4.39 Å². The first-order valence-corrected chi connectivity index (χ1v) is 8.71. The lowest BCUT2D eigenvalue weighted by Gasteiger charge is -2.23. The molecule has 4 rings (SSSR count). The highest BCUT2D eigenvalue weighted by Gasteiger charge is 2.16. The summed E-state index contributed by atoms with van der Waals surface area (Å²) in [6, 6.07) is 2.13. The molecule has 1 fully saturated rings. The lowest BCUT2D eigenvalue weighted by molar-refractivity contribution is 0.413. The minimum absolute atomic E-state index is 0.210. The van der Waals surface area contributed by atoms with Crippen molar-refractivity contribution in [1.82, 2.24) is 25.3 Å². The molecule has 0 amide bonds. The fourth-order valence-corrected chi connectivity index (χ4v) is 3.26. The van der Waals surface area contributed by atoms with Crippen LogP contribution in [-0.4, -0.2) is 39.1 Å². The molecule has 0 bridgehead atoms. The van der Waals surface area contributed by atoms with Gasteiger partial charge in [-0.15, -0.1) is 0 Å². The van der Waals surface area contributed by atoms with Crippen molar-refractivity contribution in [3.8, 4) is 11.4 Å². The van der Waals surface area contributed by atoms with E-state index in [2.05, 4.69) is 30.6 Å². The summed E-state index contributed by atoms with van der Waals surface area (Å²) in [5.41, 5.74) is 1.43. The number of piperidine rings is 1. The number of nitrogens with one attached hydrogen (secondary N) is 3. The average Bonchev–Trinajstić information content (AvgIpc) is 3.05. The Balaban J connectivity index is 1.60. The Kier molecular flexibility index (Phi) is 4.50. The molecule has 3 N–H and O–H groups in total. The van der Waals surface area contributed by atoms with Crippen molar-refractivity contribution in [1.29, 1.82) is 0 Å². The van der Waals surface area contributed by atoms with Gasteiger partial charge in [-0.3, -0.25) is 0 Å². The molecule has 25 heavy (non-hydrogen) atoms. The molecule has 3 aromatic rings. The second-order valence-electron chi connectivity index (χ2n) is 6.17. The number of pyridine rings is 1. The first kappa shape index (κ1) is 16.2. The number of H-pyrrole nitrogens is 1. The van der Waals surface area contributed by atoms with Crippen molar-refractivity contribution in [2.75, 3.05) is 18.4 Å². The maximum absolute atomic E-state index is 14.1. The Morgan fingerprint density at radius 1 is 1.28 bits per heavy atom. The molecule has 4 heterocycles. The Bertz CT molecular complexity index is 890. The Morgan fingerprint density at radius 2 is 2.20 bits per heavy atom. The Morgan fingerprint density at radius 3 is 3.04 bits per heavy atom. The predicted molar refractivity (Wildman–Crippen MR) is 96.2 cm³/mol. The molecule has 1 aliphatic heterocycles. The van der Waals surface area contributed by atoms with Gasteiger partial charge in [0.05, 0.1) is 11.2 Å². The lowest BCUT2D eigenvalue weighted by Crippen LogP contribution is -2.39. The summed E-state index contributed by atoms with van der Waals surface area (Å²) < 4.78 is 14.1. The SMILES string of the molecule is Fc1cnc(-c2c[nH]c3ncc(Cl)cc23)nc1NCC1CCCCN1. The van der Waals surface area contributed by atoms with E-state index >= 15 is 0 Å². The molecule has 1 aliphatic rings. The van der Waals surface area contributed by atoms with Gasteiger partial charge < -0.3 is 15.6 Å². The zero-order chi connectivity index (χ0) is 17.2. The van der Waals surface area contributed by atoms with Crippen molar-refractivity contribution in [3.05, 3.63) is 35.5 Å². The van der Waals surface area contributed by atoms with Crippen LogP contribution in [0.25, 0.3) is 22.4 Å². The van der Waals surface area contributed by atoms with E-state index in [0.717, 1.165) is 23.9 Å². The number of rotatable bonds is 4. The van der Waals surface area contributed by atoms with Crippen molar-refractivity contribution < 1.29 is 4.39 Å². The van der Waals surface area contributed by atoms with Crippen molar-refractivity contribution >= 4 is 28.5 Å². The summed E-state index contributed by atoms with van der Waals surface area (Å²) in [6.07, 6.45) is 7.99. The number of nitrogens with zero attached hydrogens (tertiary/aromatic N) is 3. The molecule has 0 radical (unpaired) electrons. The van der Waals surface area contributed by atoms with Crippen LogP contribution < -0.4 is 10.6 Å². The molecule has 0 aliphatic carbocycles. The maximum atomic E-state index is 14.1. The minimum atomic E-state index is -0.462. The van der Waals surface area contributed by atoms with Crippen molar-refractivity contribution in [3.63, 3.8) is 0 Å². The van der Waals surface area contributed by atoms with Gasteiger partial charge in [0.1, 0.15) is 5.65 Å². The summed E-state index contributed by atoms with van der Waals surface area (Å²) >= 11 is 6.03. The molecule has 0 aromatic carbocycles. The number of halogens is 2. The van der Waals surface area contributed by atoms with Gasteiger partial charge in [0.2, 0.25) is 0 Å². The summed E-state index contributed by atoms with van der Waals surface area (Å²) in [5, 5.41) is 7.86. The molecular formula is C17H18ClFN6. The van der Waals surface area contributed by atoms with E-state index in [1.165, 1.54) is 19.0 Å². The zero-order valence-electron chi connectivity index (χ0n) is 13.5. The molecule has 0 saturated carbocycles. The van der Waals surface area contributed by atoms with Gasteiger partial charge in [0.15, 0.2) is 17.5 Å². The summed E-state index contributed by atoms with van der Waals surface area (Å²) in [4.78, 5) is 15.8. The number of hydrogen-bond donors (Lipinski definition) is 3. The minimum Gasteiger partial charge on any atom is -0.366 e. The van der Waals surface area contributed by atoms with E-state index < -0.39 is 5.82 Å². The molecule has 0 spiro atoms. The van der Waals surface area contributed by atoms with Crippen LogP contribution in [0.5, 0.6) is 0 Å². The van der Waals surface area contributed by atoms with Crippen LogP contribution in [0.2, 0.25) is 5.02 Å². The first-order valence-electron chi connectivity index (χ1n) is 8.33. The summed E-state index contributed by atoms with van der Waals surface area (Å²) in [6.45, 7) is 1.64. The molecule has 130 valence electrons. The molecule has 1 unspecified atom stereocenters. The van der Waals surface area contributed by atoms with E-state index in [1.807, 2.05) is 0 Å². The van der Waals surface area contributed by atoms with E-state index in [4.69, 9.17) is 11.6 Å². The Hall–Kier alpha value is -2.25. The maximum Gasteiger partial charge on any atom is 0.183 e. The van der Waals surface area contributed by atoms with Crippen LogP contribution in [-0.2, 0) is 0 Å². The lowest BCUT2D eigenvalue weighted by atomic mass is 10.1. The van der Waals surface area contributed by atoms with Crippen LogP contribution in [0, 0.1) is 5.82 Å². The first-order chi connectivity index (χ1) is 12.2. The quantitative estimate of drug-likeness (QED) is 0.665. The Labute approximate surface area is 149 Å². The normalized spacial score (nSPS) is 17.8. The van der Waals surface area contributed by atoms with E-state index in [0.29, 0.717) is 29.1 Å². The highest BCUT2D eigenvalue weighted by molar-refractivity contribution is 6.31. The standard InChI is InChI=1S/C17H18ClFN6/c18-10-5-12-13(8-23-15(12)21-6-10)16-24-9-14(19)17(25-16)22-7-11-3-1-2-4-20-11/h5-6,8-9,11,20H,1-4,7H2,(H,21,23)(H,22,24,25). The highest BCUT2D eigenvalue weighted by atomic mass is 35.5. The van der Waals surface area contributed by atoms with Crippen LogP contribution in [0.15, 0.2) is 24.7 Å². The highest BCUT2D eigenvalue weighted by Crippen LogP contribution is 2.28. The largest absolute Gasteiger partial charge is 0.366 e. The number of aromatic nitrogens is 4. The summed E-state index contributed by atoms with van der Waals surface area (Å²) in [7, 11) is 0. The third-order valence-electron chi connectivity index (χ3n) is 4.41. The zero-order valence-corrected chi connectivity index (χ0v) is 14.3. The monoisotopic (exact) mass is 360 g/mol. The number of aromatic amines is 1. The van der Waals surface area contributed by atoms with Crippen LogP contribution >= 0.6 is 11.6 Å². The van der Waals surface area contributed by atoms with E-state index in [1.54, 1.807) is 18.5 Å². The van der Waals surface area contributed by atoms with Crippen LogP contribution in [0.1, 0.15) is 19.3 Å². The topological polar surface area (TPSA) is 78.5 Å².